The summed E-state index contributed by atoms with van der Waals surface area (Å²) in [5, 5.41) is 5.65. The van der Waals surface area contributed by atoms with Gasteiger partial charge in [-0.3, -0.25) is 14.6 Å². The van der Waals surface area contributed by atoms with E-state index in [9.17, 15) is 9.59 Å². The van der Waals surface area contributed by atoms with Crippen LogP contribution in [0.15, 0.2) is 54.7 Å². The standard InChI is InChI=1S/C18H21N3O2/c1-14(15-7-3-2-4-8-15)21-18(23)11-10-17(22)20-13-16-9-5-6-12-19-16/h2-9,12,14H,10-11,13H2,1H3,(H,20,22)(H,21,23)/t14-/m1/s1. The summed E-state index contributed by atoms with van der Waals surface area (Å²) in [5.41, 5.74) is 1.84. The van der Waals surface area contributed by atoms with Crippen LogP contribution in [0.1, 0.15) is 37.1 Å². The molecule has 1 atom stereocenters. The van der Waals surface area contributed by atoms with Crippen molar-refractivity contribution in [3.8, 4) is 0 Å². The Balaban J connectivity index is 1.68. The van der Waals surface area contributed by atoms with Crippen LogP contribution in [0.4, 0.5) is 0 Å². The highest BCUT2D eigenvalue weighted by atomic mass is 16.2. The minimum absolute atomic E-state index is 0.0692. The fourth-order valence-electron chi connectivity index (χ4n) is 2.15. The van der Waals surface area contributed by atoms with Gasteiger partial charge in [-0.2, -0.15) is 0 Å². The number of carbonyl (C=O) groups is 2. The van der Waals surface area contributed by atoms with Crippen LogP contribution in [0.25, 0.3) is 0 Å². The summed E-state index contributed by atoms with van der Waals surface area (Å²) in [6.45, 7) is 2.30. The molecule has 120 valence electrons. The van der Waals surface area contributed by atoms with Crippen LogP contribution in [0.3, 0.4) is 0 Å². The van der Waals surface area contributed by atoms with Crippen LogP contribution in [0, 0.1) is 0 Å². The molecule has 0 aliphatic rings. The first-order valence-corrected chi connectivity index (χ1v) is 7.66. The zero-order chi connectivity index (χ0) is 16.5. The molecule has 0 saturated carbocycles. The fraction of sp³-hybridized carbons (Fsp3) is 0.278. The zero-order valence-corrected chi connectivity index (χ0v) is 13.2. The summed E-state index contributed by atoms with van der Waals surface area (Å²) >= 11 is 0. The lowest BCUT2D eigenvalue weighted by atomic mass is 10.1. The molecule has 0 aliphatic carbocycles. The van der Waals surface area contributed by atoms with Gasteiger partial charge in [-0.1, -0.05) is 36.4 Å². The van der Waals surface area contributed by atoms with Gasteiger partial charge >= 0.3 is 0 Å². The van der Waals surface area contributed by atoms with Gasteiger partial charge in [0.05, 0.1) is 18.3 Å². The molecule has 2 amide bonds. The first kappa shape index (κ1) is 16.7. The zero-order valence-electron chi connectivity index (χ0n) is 13.2. The Morgan fingerprint density at radius 2 is 1.70 bits per heavy atom. The van der Waals surface area contributed by atoms with E-state index >= 15 is 0 Å². The average molecular weight is 311 g/mol. The summed E-state index contributed by atoms with van der Waals surface area (Å²) in [7, 11) is 0. The van der Waals surface area contributed by atoms with Crippen molar-refractivity contribution in [1.82, 2.24) is 15.6 Å². The van der Waals surface area contributed by atoms with Crippen LogP contribution < -0.4 is 10.6 Å². The second-order valence-corrected chi connectivity index (χ2v) is 5.30. The number of benzene rings is 1. The Kier molecular flexibility index (Phi) is 6.29. The molecule has 0 aliphatic heterocycles. The van der Waals surface area contributed by atoms with E-state index in [2.05, 4.69) is 15.6 Å². The summed E-state index contributed by atoms with van der Waals surface area (Å²) in [5.74, 6) is -0.285. The van der Waals surface area contributed by atoms with Gasteiger partial charge < -0.3 is 10.6 Å². The number of hydrogen-bond acceptors (Lipinski definition) is 3. The first-order chi connectivity index (χ1) is 11.1. The van der Waals surface area contributed by atoms with Crippen molar-refractivity contribution in [3.63, 3.8) is 0 Å². The van der Waals surface area contributed by atoms with Gasteiger partial charge in [0, 0.05) is 19.0 Å². The quantitative estimate of drug-likeness (QED) is 0.824. The van der Waals surface area contributed by atoms with Gasteiger partial charge in [-0.15, -0.1) is 0 Å². The third kappa shape index (κ3) is 5.90. The van der Waals surface area contributed by atoms with Gasteiger partial charge in [-0.25, -0.2) is 0 Å². The third-order valence-corrected chi connectivity index (χ3v) is 3.45. The maximum absolute atomic E-state index is 11.9. The van der Waals surface area contributed by atoms with Crippen LogP contribution in [-0.2, 0) is 16.1 Å². The number of amides is 2. The number of rotatable bonds is 7. The van der Waals surface area contributed by atoms with E-state index in [-0.39, 0.29) is 30.7 Å². The monoisotopic (exact) mass is 311 g/mol. The number of carbonyl (C=O) groups excluding carboxylic acids is 2. The molecular weight excluding hydrogens is 290 g/mol. The second-order valence-electron chi connectivity index (χ2n) is 5.30. The number of hydrogen-bond donors (Lipinski definition) is 2. The lowest BCUT2D eigenvalue weighted by Crippen LogP contribution is -2.29. The largest absolute Gasteiger partial charge is 0.350 e. The Labute approximate surface area is 136 Å². The van der Waals surface area contributed by atoms with E-state index in [4.69, 9.17) is 0 Å². The van der Waals surface area contributed by atoms with Crippen molar-refractivity contribution >= 4 is 11.8 Å². The highest BCUT2D eigenvalue weighted by Gasteiger charge is 2.11. The molecule has 0 radical (unpaired) electrons. The molecule has 2 aromatic rings. The van der Waals surface area contributed by atoms with Crippen molar-refractivity contribution in [2.45, 2.75) is 32.4 Å². The van der Waals surface area contributed by atoms with Crippen molar-refractivity contribution in [3.05, 3.63) is 66.0 Å². The molecule has 0 fully saturated rings. The van der Waals surface area contributed by atoms with Gasteiger partial charge in [0.1, 0.15) is 0 Å². The molecule has 1 aromatic heterocycles. The second kappa shape index (κ2) is 8.68. The van der Waals surface area contributed by atoms with Crippen molar-refractivity contribution in [1.29, 1.82) is 0 Å². The van der Waals surface area contributed by atoms with E-state index in [1.807, 2.05) is 55.5 Å². The van der Waals surface area contributed by atoms with Gasteiger partial charge in [0.15, 0.2) is 0 Å². The van der Waals surface area contributed by atoms with E-state index in [0.717, 1.165) is 11.3 Å². The molecule has 0 saturated heterocycles. The minimum atomic E-state index is -0.154. The summed E-state index contributed by atoms with van der Waals surface area (Å²) < 4.78 is 0. The Morgan fingerprint density at radius 1 is 1.00 bits per heavy atom. The molecule has 23 heavy (non-hydrogen) atoms. The Hall–Kier alpha value is -2.69. The van der Waals surface area contributed by atoms with Gasteiger partial charge in [0.2, 0.25) is 11.8 Å². The van der Waals surface area contributed by atoms with Crippen LogP contribution in [-0.4, -0.2) is 16.8 Å². The lowest BCUT2D eigenvalue weighted by Gasteiger charge is -2.14. The van der Waals surface area contributed by atoms with E-state index in [1.54, 1.807) is 6.20 Å². The minimum Gasteiger partial charge on any atom is -0.350 e. The van der Waals surface area contributed by atoms with Crippen molar-refractivity contribution in [2.24, 2.45) is 0 Å². The molecule has 0 bridgehead atoms. The van der Waals surface area contributed by atoms with Crippen LogP contribution >= 0.6 is 0 Å². The van der Waals surface area contributed by atoms with E-state index < -0.39 is 0 Å². The molecule has 2 rings (SSSR count). The van der Waals surface area contributed by atoms with Crippen LogP contribution in [0.5, 0.6) is 0 Å². The Morgan fingerprint density at radius 3 is 2.39 bits per heavy atom. The summed E-state index contributed by atoms with van der Waals surface area (Å²) in [6, 6.07) is 15.2. The molecular formula is C18H21N3O2. The predicted octanol–water partition coefficient (Wildman–Crippen LogP) is 2.36. The first-order valence-electron chi connectivity index (χ1n) is 7.66. The predicted molar refractivity (Wildman–Crippen MR) is 88.3 cm³/mol. The Bertz CT molecular complexity index is 629. The normalized spacial score (nSPS) is 11.5. The number of nitrogens with one attached hydrogen (secondary N) is 2. The maximum Gasteiger partial charge on any atom is 0.220 e. The molecule has 5 heteroatoms. The van der Waals surface area contributed by atoms with Gasteiger partial charge in [-0.05, 0) is 24.6 Å². The van der Waals surface area contributed by atoms with Crippen LogP contribution in [0.2, 0.25) is 0 Å². The highest BCUT2D eigenvalue weighted by Crippen LogP contribution is 2.11. The van der Waals surface area contributed by atoms with Gasteiger partial charge in [0.25, 0.3) is 0 Å². The van der Waals surface area contributed by atoms with E-state index in [1.165, 1.54) is 0 Å². The number of aromatic nitrogens is 1. The SMILES string of the molecule is C[C@@H](NC(=O)CCC(=O)NCc1ccccn1)c1ccccc1. The summed E-state index contributed by atoms with van der Waals surface area (Å²) in [6.07, 6.45) is 2.02. The molecule has 2 N–H and O–H groups in total. The molecule has 1 heterocycles. The third-order valence-electron chi connectivity index (χ3n) is 3.45. The highest BCUT2D eigenvalue weighted by molar-refractivity contribution is 5.83. The average Bonchev–Trinajstić information content (AvgIpc) is 2.60. The summed E-state index contributed by atoms with van der Waals surface area (Å²) in [4.78, 5) is 27.8. The fourth-order valence-corrected chi connectivity index (χ4v) is 2.15. The molecule has 0 unspecified atom stereocenters. The number of nitrogens with zero attached hydrogens (tertiary/aromatic N) is 1. The molecule has 0 spiro atoms. The molecule has 1 aromatic carbocycles. The topological polar surface area (TPSA) is 71.1 Å². The lowest BCUT2D eigenvalue weighted by molar-refractivity contribution is -0.126. The smallest absolute Gasteiger partial charge is 0.220 e. The maximum atomic E-state index is 11.9. The van der Waals surface area contributed by atoms with E-state index in [0.29, 0.717) is 6.54 Å². The molecule has 5 nitrogen and oxygen atoms in total. The van der Waals surface area contributed by atoms with Crippen molar-refractivity contribution < 1.29 is 9.59 Å². The number of pyridine rings is 1. The van der Waals surface area contributed by atoms with Crippen molar-refractivity contribution in [2.75, 3.05) is 0 Å².